The summed E-state index contributed by atoms with van der Waals surface area (Å²) >= 11 is 0. The molecule has 5 nitrogen and oxygen atoms in total. The highest BCUT2D eigenvalue weighted by Crippen LogP contribution is 2.33. The Morgan fingerprint density at radius 2 is 2.12 bits per heavy atom. The van der Waals surface area contributed by atoms with Gasteiger partial charge in [0.05, 0.1) is 6.61 Å². The fourth-order valence-electron chi connectivity index (χ4n) is 3.36. The molecule has 1 aliphatic carbocycles. The Balaban J connectivity index is 1.62. The molecule has 5 heteroatoms. The van der Waals surface area contributed by atoms with Gasteiger partial charge in [0, 0.05) is 24.4 Å². The first-order valence-corrected chi connectivity index (χ1v) is 8.67. The van der Waals surface area contributed by atoms with Gasteiger partial charge in [-0.2, -0.15) is 0 Å². The number of hydrogen-bond donors (Lipinski definition) is 2. The summed E-state index contributed by atoms with van der Waals surface area (Å²) in [7, 11) is 1.66. The maximum absolute atomic E-state index is 12.1. The third-order valence-electron chi connectivity index (χ3n) is 4.60. The van der Waals surface area contributed by atoms with Gasteiger partial charge in [-0.3, -0.25) is 0 Å². The van der Waals surface area contributed by atoms with Crippen molar-refractivity contribution < 1.29 is 14.3 Å². The highest BCUT2D eigenvalue weighted by Gasteiger charge is 2.27. The van der Waals surface area contributed by atoms with E-state index in [-0.39, 0.29) is 6.03 Å². The van der Waals surface area contributed by atoms with Gasteiger partial charge < -0.3 is 20.1 Å². The number of benzene rings is 1. The number of nitrogens with one attached hydrogen (secondary N) is 2. The molecule has 130 valence electrons. The van der Waals surface area contributed by atoms with Crippen molar-refractivity contribution in [2.24, 2.45) is 0 Å². The van der Waals surface area contributed by atoms with E-state index < -0.39 is 5.60 Å². The van der Waals surface area contributed by atoms with Crippen LogP contribution >= 0.6 is 0 Å². The van der Waals surface area contributed by atoms with E-state index in [0.29, 0.717) is 12.6 Å². The van der Waals surface area contributed by atoms with Crippen molar-refractivity contribution >= 4 is 17.8 Å². The van der Waals surface area contributed by atoms with Crippen LogP contribution in [0.2, 0.25) is 0 Å². The topological polar surface area (TPSA) is 59.6 Å². The Hall–Kier alpha value is -2.01. The maximum atomic E-state index is 12.1. The third-order valence-corrected chi connectivity index (χ3v) is 4.60. The minimum atomic E-state index is -0.449. The number of urea groups is 1. The molecule has 2 aliphatic rings. The molecule has 0 aromatic heterocycles. The number of hydrogen-bond acceptors (Lipinski definition) is 3. The van der Waals surface area contributed by atoms with Crippen LogP contribution in [0.5, 0.6) is 5.75 Å². The first-order valence-electron chi connectivity index (χ1n) is 8.67. The molecule has 1 heterocycles. The molecular weight excluding hydrogens is 304 g/mol. The molecule has 0 bridgehead atoms. The molecule has 1 unspecified atom stereocenters. The minimum Gasteiger partial charge on any atom is -0.480 e. The SMILES string of the molecule is COCC1(C)C=Cc2cc(NC(=O)NC3CCCCC3)ccc2O1. The van der Waals surface area contributed by atoms with Crippen LogP contribution in [0.3, 0.4) is 0 Å². The molecule has 3 rings (SSSR count). The van der Waals surface area contributed by atoms with Gasteiger partial charge in [-0.1, -0.05) is 25.3 Å². The summed E-state index contributed by atoms with van der Waals surface area (Å²) in [5.74, 6) is 0.801. The second-order valence-electron chi connectivity index (χ2n) is 6.87. The van der Waals surface area contributed by atoms with Gasteiger partial charge in [-0.25, -0.2) is 4.79 Å². The largest absolute Gasteiger partial charge is 0.480 e. The number of rotatable bonds is 4. The molecule has 1 aromatic rings. The van der Waals surface area contributed by atoms with Crippen LogP contribution in [0.1, 0.15) is 44.6 Å². The second kappa shape index (κ2) is 7.26. The summed E-state index contributed by atoms with van der Waals surface area (Å²) in [4.78, 5) is 12.1. The maximum Gasteiger partial charge on any atom is 0.319 e. The van der Waals surface area contributed by atoms with Crippen LogP contribution in [0.25, 0.3) is 6.08 Å². The quantitative estimate of drug-likeness (QED) is 0.879. The van der Waals surface area contributed by atoms with Gasteiger partial charge >= 0.3 is 6.03 Å². The Morgan fingerprint density at radius 1 is 1.33 bits per heavy atom. The minimum absolute atomic E-state index is 0.133. The Kier molecular flexibility index (Phi) is 5.09. The molecule has 0 radical (unpaired) electrons. The highest BCUT2D eigenvalue weighted by molar-refractivity contribution is 5.90. The molecular formula is C19H26N2O3. The number of ether oxygens (including phenoxy) is 2. The van der Waals surface area contributed by atoms with Gasteiger partial charge in [-0.15, -0.1) is 0 Å². The van der Waals surface area contributed by atoms with E-state index in [2.05, 4.69) is 10.6 Å². The van der Waals surface area contributed by atoms with Crippen LogP contribution in [-0.2, 0) is 4.74 Å². The molecule has 1 atom stereocenters. The Morgan fingerprint density at radius 3 is 2.88 bits per heavy atom. The van der Waals surface area contributed by atoms with Crippen molar-refractivity contribution in [3.63, 3.8) is 0 Å². The lowest BCUT2D eigenvalue weighted by molar-refractivity contribution is 0.0378. The summed E-state index contributed by atoms with van der Waals surface area (Å²) in [5, 5.41) is 5.98. The van der Waals surface area contributed by atoms with Crippen molar-refractivity contribution in [2.45, 2.75) is 50.7 Å². The lowest BCUT2D eigenvalue weighted by atomic mass is 9.96. The fraction of sp³-hybridized carbons (Fsp3) is 0.526. The normalized spacial score (nSPS) is 23.2. The molecule has 2 N–H and O–H groups in total. The lowest BCUT2D eigenvalue weighted by Gasteiger charge is -2.31. The predicted octanol–water partition coefficient (Wildman–Crippen LogP) is 3.95. The smallest absolute Gasteiger partial charge is 0.319 e. The van der Waals surface area contributed by atoms with Crippen LogP contribution < -0.4 is 15.4 Å². The summed E-state index contributed by atoms with van der Waals surface area (Å²) in [6.07, 6.45) is 9.84. The standard InChI is InChI=1S/C19H26N2O3/c1-19(13-23-2)11-10-14-12-16(8-9-17(14)24-19)21-18(22)20-15-6-4-3-5-7-15/h8-12,15H,3-7,13H2,1-2H3,(H2,20,21,22). The third kappa shape index (κ3) is 4.09. The first kappa shape index (κ1) is 16.8. The number of carbonyl (C=O) groups excluding carboxylic acids is 1. The Labute approximate surface area is 143 Å². The molecule has 1 fully saturated rings. The number of carbonyl (C=O) groups is 1. The van der Waals surface area contributed by atoms with Gasteiger partial charge in [-0.05, 0) is 44.0 Å². The molecule has 0 saturated heterocycles. The number of methoxy groups -OCH3 is 1. The molecule has 0 spiro atoms. The van der Waals surface area contributed by atoms with E-state index in [1.807, 2.05) is 37.3 Å². The van der Waals surface area contributed by atoms with E-state index in [9.17, 15) is 4.79 Å². The lowest BCUT2D eigenvalue weighted by Crippen LogP contribution is -2.39. The zero-order valence-electron chi connectivity index (χ0n) is 14.4. The molecule has 1 aliphatic heterocycles. The average molecular weight is 330 g/mol. The average Bonchev–Trinajstić information content (AvgIpc) is 2.56. The van der Waals surface area contributed by atoms with E-state index in [1.54, 1.807) is 7.11 Å². The van der Waals surface area contributed by atoms with Crippen molar-refractivity contribution in [1.29, 1.82) is 0 Å². The monoisotopic (exact) mass is 330 g/mol. The second-order valence-corrected chi connectivity index (χ2v) is 6.87. The zero-order chi connectivity index (χ0) is 17.0. The van der Waals surface area contributed by atoms with Gasteiger partial charge in [0.1, 0.15) is 11.4 Å². The number of anilines is 1. The highest BCUT2D eigenvalue weighted by atomic mass is 16.5. The van der Waals surface area contributed by atoms with Gasteiger partial charge in [0.2, 0.25) is 0 Å². The van der Waals surface area contributed by atoms with Crippen LogP contribution in [0.4, 0.5) is 10.5 Å². The van der Waals surface area contributed by atoms with Crippen LogP contribution in [0, 0.1) is 0 Å². The van der Waals surface area contributed by atoms with E-state index in [4.69, 9.17) is 9.47 Å². The number of fused-ring (bicyclic) bond motifs is 1. The van der Waals surface area contributed by atoms with E-state index >= 15 is 0 Å². The van der Waals surface area contributed by atoms with Crippen LogP contribution in [-0.4, -0.2) is 31.4 Å². The first-order chi connectivity index (χ1) is 11.6. The molecule has 1 aromatic carbocycles. The summed E-state index contributed by atoms with van der Waals surface area (Å²) < 4.78 is 11.2. The molecule has 24 heavy (non-hydrogen) atoms. The van der Waals surface area contributed by atoms with Gasteiger partial charge in [0.25, 0.3) is 0 Å². The summed E-state index contributed by atoms with van der Waals surface area (Å²) in [5.41, 5.74) is 1.28. The van der Waals surface area contributed by atoms with Crippen molar-refractivity contribution in [3.8, 4) is 5.75 Å². The molecule has 2 amide bonds. The number of amides is 2. The van der Waals surface area contributed by atoms with E-state index in [0.717, 1.165) is 29.8 Å². The van der Waals surface area contributed by atoms with Gasteiger partial charge in [0.15, 0.2) is 0 Å². The van der Waals surface area contributed by atoms with Crippen molar-refractivity contribution in [1.82, 2.24) is 5.32 Å². The fourth-order valence-corrected chi connectivity index (χ4v) is 3.36. The van der Waals surface area contributed by atoms with Crippen molar-refractivity contribution in [3.05, 3.63) is 29.8 Å². The predicted molar refractivity (Wildman–Crippen MR) is 95.4 cm³/mol. The summed E-state index contributed by atoms with van der Waals surface area (Å²) in [6, 6.07) is 5.86. The molecule has 1 saturated carbocycles. The zero-order valence-corrected chi connectivity index (χ0v) is 14.4. The summed E-state index contributed by atoms with van der Waals surface area (Å²) in [6.45, 7) is 2.48. The Bertz CT molecular complexity index is 623. The van der Waals surface area contributed by atoms with Crippen molar-refractivity contribution in [2.75, 3.05) is 19.0 Å². The van der Waals surface area contributed by atoms with E-state index in [1.165, 1.54) is 19.3 Å². The van der Waals surface area contributed by atoms with Crippen LogP contribution in [0.15, 0.2) is 24.3 Å².